The van der Waals surface area contributed by atoms with Crippen molar-refractivity contribution in [1.29, 1.82) is 0 Å². The van der Waals surface area contributed by atoms with Crippen LogP contribution in [0.2, 0.25) is 5.28 Å². The molecule has 0 radical (unpaired) electrons. The highest BCUT2D eigenvalue weighted by Gasteiger charge is 2.23. The number of fused-ring (bicyclic) bond motifs is 2. The van der Waals surface area contributed by atoms with Crippen LogP contribution in [0.15, 0.2) is 12.1 Å². The van der Waals surface area contributed by atoms with Gasteiger partial charge in [-0.25, -0.2) is 4.98 Å². The highest BCUT2D eigenvalue weighted by atomic mass is 35.5. The zero-order chi connectivity index (χ0) is 22.9. The first-order chi connectivity index (χ1) is 16.1. The number of halogens is 1. The van der Waals surface area contributed by atoms with Crippen LogP contribution in [-0.4, -0.2) is 50.7 Å². The summed E-state index contributed by atoms with van der Waals surface area (Å²) in [6, 6.07) is 3.71. The van der Waals surface area contributed by atoms with Gasteiger partial charge >= 0.3 is 0 Å². The average Bonchev–Trinajstić information content (AvgIpc) is 3.41. The zero-order valence-corrected chi connectivity index (χ0v) is 18.7. The molecule has 33 heavy (non-hydrogen) atoms. The Hall–Kier alpha value is -3.51. The number of carbonyl (C=O) groups excluding carboxylic acids is 1. The van der Waals surface area contributed by atoms with E-state index in [1.165, 1.54) is 0 Å². The van der Waals surface area contributed by atoms with Gasteiger partial charge in [0.1, 0.15) is 5.82 Å². The van der Waals surface area contributed by atoms with Crippen LogP contribution < -0.4 is 15.2 Å². The molecule has 9 nitrogen and oxygen atoms in total. The van der Waals surface area contributed by atoms with E-state index in [0.29, 0.717) is 47.1 Å². The molecular formula is C23H23ClN6O3. The van der Waals surface area contributed by atoms with Crippen LogP contribution >= 0.6 is 11.6 Å². The third-order valence-corrected chi connectivity index (χ3v) is 6.41. The Balaban J connectivity index is 1.50. The number of carbonyl (C=O) groups is 1. The first-order valence-corrected chi connectivity index (χ1v) is 11.2. The highest BCUT2D eigenvalue weighted by molar-refractivity contribution is 6.28. The molecule has 2 aliphatic rings. The summed E-state index contributed by atoms with van der Waals surface area (Å²) < 4.78 is 13.0. The number of amides is 1. The lowest BCUT2D eigenvalue weighted by Crippen LogP contribution is -2.34. The molecule has 1 saturated heterocycles. The monoisotopic (exact) mass is 466 g/mol. The Kier molecular flexibility index (Phi) is 5.68. The van der Waals surface area contributed by atoms with Gasteiger partial charge in [-0.05, 0) is 48.4 Å². The predicted molar refractivity (Wildman–Crippen MR) is 123 cm³/mol. The summed E-state index contributed by atoms with van der Waals surface area (Å²) in [7, 11) is 0. The topological polar surface area (TPSA) is 108 Å². The first kappa shape index (κ1) is 21.3. The molecule has 1 fully saturated rings. The predicted octanol–water partition coefficient (Wildman–Crippen LogP) is 2.62. The smallest absolute Gasteiger partial charge is 0.231 e. The Morgan fingerprint density at radius 1 is 1.27 bits per heavy atom. The van der Waals surface area contributed by atoms with E-state index in [9.17, 15) is 4.79 Å². The SMILES string of the molecule is C#Cc1cc2c(cc1Cc1nc3c(N)nc(Cl)nc3n1CCC1CCCN(C=O)C1)OCO2. The summed E-state index contributed by atoms with van der Waals surface area (Å²) in [5, 5.41) is 0.0740. The largest absolute Gasteiger partial charge is 0.454 e. The van der Waals surface area contributed by atoms with E-state index in [0.717, 1.165) is 50.1 Å². The quantitative estimate of drug-likeness (QED) is 0.338. The number of nitrogens with zero attached hydrogens (tertiary/aromatic N) is 5. The number of rotatable bonds is 6. The van der Waals surface area contributed by atoms with E-state index in [2.05, 4.69) is 15.9 Å². The third kappa shape index (κ3) is 4.14. The van der Waals surface area contributed by atoms with E-state index >= 15 is 0 Å². The molecule has 0 spiro atoms. The molecule has 1 atom stereocenters. The van der Waals surface area contributed by atoms with Crippen molar-refractivity contribution < 1.29 is 14.3 Å². The van der Waals surface area contributed by atoms with Crippen molar-refractivity contribution in [2.24, 2.45) is 5.92 Å². The Bertz CT molecular complexity index is 1270. The maximum absolute atomic E-state index is 11.2. The van der Waals surface area contributed by atoms with Gasteiger partial charge in [-0.1, -0.05) is 5.92 Å². The number of hydrogen-bond acceptors (Lipinski definition) is 7. The number of aryl methyl sites for hydroxylation is 1. The van der Waals surface area contributed by atoms with E-state index in [1.807, 2.05) is 21.6 Å². The number of aromatic nitrogens is 4. The van der Waals surface area contributed by atoms with Crippen molar-refractivity contribution >= 4 is 35.0 Å². The van der Waals surface area contributed by atoms with Gasteiger partial charge in [0, 0.05) is 37.7 Å². The molecule has 0 bridgehead atoms. The number of hydrogen-bond donors (Lipinski definition) is 1. The van der Waals surface area contributed by atoms with Crippen molar-refractivity contribution in [2.45, 2.75) is 32.2 Å². The molecule has 2 N–H and O–H groups in total. The lowest BCUT2D eigenvalue weighted by molar-refractivity contribution is -0.119. The van der Waals surface area contributed by atoms with E-state index in [4.69, 9.17) is 38.2 Å². The number of nitrogen functional groups attached to an aromatic ring is 1. The molecule has 5 rings (SSSR count). The normalized spacial score (nSPS) is 17.3. The second kappa shape index (κ2) is 8.79. The summed E-state index contributed by atoms with van der Waals surface area (Å²) in [5.74, 6) is 5.41. The van der Waals surface area contributed by atoms with Crippen molar-refractivity contribution in [3.05, 3.63) is 34.4 Å². The second-order valence-corrected chi connectivity index (χ2v) is 8.65. The summed E-state index contributed by atoms with van der Waals surface area (Å²) >= 11 is 6.12. The third-order valence-electron chi connectivity index (χ3n) is 6.24. The van der Waals surface area contributed by atoms with Crippen LogP contribution in [0.3, 0.4) is 0 Å². The van der Waals surface area contributed by atoms with E-state index < -0.39 is 0 Å². The van der Waals surface area contributed by atoms with E-state index in [-0.39, 0.29) is 17.9 Å². The zero-order valence-electron chi connectivity index (χ0n) is 18.0. The number of ether oxygens (including phenoxy) is 2. The maximum atomic E-state index is 11.2. The van der Waals surface area contributed by atoms with Gasteiger partial charge in [0.25, 0.3) is 0 Å². The molecular weight excluding hydrogens is 444 g/mol. The number of piperidine rings is 1. The van der Waals surface area contributed by atoms with Crippen molar-refractivity contribution in [1.82, 2.24) is 24.4 Å². The van der Waals surface area contributed by atoms with Crippen molar-refractivity contribution in [3.8, 4) is 23.8 Å². The number of anilines is 1. The summed E-state index contributed by atoms with van der Waals surface area (Å²) in [4.78, 5) is 26.3. The second-order valence-electron chi connectivity index (χ2n) is 8.31. The lowest BCUT2D eigenvalue weighted by atomic mass is 9.95. The molecule has 1 amide bonds. The molecule has 3 aromatic rings. The van der Waals surface area contributed by atoms with Gasteiger partial charge in [0.05, 0.1) is 0 Å². The minimum atomic E-state index is 0.0740. The van der Waals surface area contributed by atoms with Gasteiger partial charge in [-0.2, -0.15) is 9.97 Å². The van der Waals surface area contributed by atoms with Gasteiger partial charge in [-0.15, -0.1) is 6.42 Å². The van der Waals surface area contributed by atoms with Gasteiger partial charge in [0.15, 0.2) is 28.5 Å². The fraction of sp³-hybridized carbons (Fsp3) is 0.391. The summed E-state index contributed by atoms with van der Waals surface area (Å²) in [5.41, 5.74) is 8.81. The molecule has 2 aliphatic heterocycles. The van der Waals surface area contributed by atoms with Crippen LogP contribution in [-0.2, 0) is 17.8 Å². The van der Waals surface area contributed by atoms with Crippen molar-refractivity contribution in [3.63, 3.8) is 0 Å². The fourth-order valence-corrected chi connectivity index (χ4v) is 4.76. The maximum Gasteiger partial charge on any atom is 0.231 e. The molecule has 4 heterocycles. The van der Waals surface area contributed by atoms with Gasteiger partial charge in [-0.3, -0.25) is 4.79 Å². The fourth-order valence-electron chi connectivity index (χ4n) is 4.58. The molecule has 0 aliphatic carbocycles. The standard InChI is InChI=1S/C23H23ClN6O3/c1-2-15-8-17-18(33-13-32-17)9-16(15)10-19-26-20-21(25)27-23(24)28-22(20)30(19)7-5-14-4-3-6-29(11-14)12-31/h1,8-9,12,14H,3-7,10-11,13H2,(H2,25,27,28). The van der Waals surface area contributed by atoms with Crippen molar-refractivity contribution in [2.75, 3.05) is 25.6 Å². The molecule has 1 aromatic carbocycles. The molecule has 10 heteroatoms. The minimum absolute atomic E-state index is 0.0740. The van der Waals surface area contributed by atoms with Crippen LogP contribution in [0.25, 0.3) is 11.2 Å². The summed E-state index contributed by atoms with van der Waals surface area (Å²) in [6.45, 7) is 2.40. The number of benzene rings is 1. The van der Waals surface area contributed by atoms with Crippen LogP contribution in [0, 0.1) is 18.3 Å². The van der Waals surface area contributed by atoms with Crippen LogP contribution in [0.1, 0.15) is 36.2 Å². The number of nitrogens with two attached hydrogens (primary N) is 1. The van der Waals surface area contributed by atoms with Crippen LogP contribution in [0.4, 0.5) is 5.82 Å². The number of imidazole rings is 1. The number of terminal acetylenes is 1. The molecule has 170 valence electrons. The number of likely N-dealkylation sites (tertiary alicyclic amines) is 1. The first-order valence-electron chi connectivity index (χ1n) is 10.8. The summed E-state index contributed by atoms with van der Waals surface area (Å²) in [6.07, 6.45) is 10.1. The average molecular weight is 467 g/mol. The Labute approximate surface area is 195 Å². The van der Waals surface area contributed by atoms with Gasteiger partial charge in [0.2, 0.25) is 18.5 Å². The van der Waals surface area contributed by atoms with Crippen LogP contribution in [0.5, 0.6) is 11.5 Å². The highest BCUT2D eigenvalue weighted by Crippen LogP contribution is 2.36. The van der Waals surface area contributed by atoms with E-state index in [1.54, 1.807) is 0 Å². The lowest BCUT2D eigenvalue weighted by Gasteiger charge is -2.30. The van der Waals surface area contributed by atoms with Gasteiger partial charge < -0.3 is 24.7 Å². The Morgan fingerprint density at radius 3 is 2.88 bits per heavy atom. The molecule has 0 saturated carbocycles. The Morgan fingerprint density at radius 2 is 2.09 bits per heavy atom. The molecule has 1 unspecified atom stereocenters. The minimum Gasteiger partial charge on any atom is -0.454 e. The molecule has 2 aromatic heterocycles.